The van der Waals surface area contributed by atoms with Crippen LogP contribution in [-0.2, 0) is 9.47 Å². The van der Waals surface area contributed by atoms with Crippen molar-refractivity contribution >= 4 is 23.9 Å². The van der Waals surface area contributed by atoms with Crippen molar-refractivity contribution in [2.45, 2.75) is 0 Å². The van der Waals surface area contributed by atoms with Crippen LogP contribution in [0.4, 0.5) is 0 Å². The van der Waals surface area contributed by atoms with Gasteiger partial charge in [-0.15, -0.1) is 0 Å². The average molecular weight is 609 g/mol. The van der Waals surface area contributed by atoms with Crippen LogP contribution in [0, 0.1) is 0 Å². The summed E-state index contributed by atoms with van der Waals surface area (Å²) >= 11 is 0. The van der Waals surface area contributed by atoms with Gasteiger partial charge < -0.3 is 39.4 Å². The Morgan fingerprint density at radius 2 is 0.682 bits per heavy atom. The standard InChI is InChI=1S/C9H10O3.2C8H8O3.C7H6O3/c1-11-8-5-3-7(4-6-8)9(10)12-2;1-11-7-4-2-6(3-5-7)8(9)10;1-11-8(10)6-2-4-7(9)5-3-6;8-6-3-1-5(2-4-6)7(9)10/h3-6H,1-2H3;2-5H,1H3,(H,9,10);2-5,9H,1H3;1-4,8H,(H,9,10). The van der Waals surface area contributed by atoms with Crippen LogP contribution in [0.25, 0.3) is 0 Å². The molecule has 0 aromatic heterocycles. The molecule has 0 bridgehead atoms. The van der Waals surface area contributed by atoms with Crippen molar-refractivity contribution in [3.8, 4) is 23.0 Å². The summed E-state index contributed by atoms with van der Waals surface area (Å²) in [5.41, 5.74) is 1.41. The second kappa shape index (κ2) is 19.1. The number of carbonyl (C=O) groups is 4. The maximum Gasteiger partial charge on any atom is 0.337 e. The van der Waals surface area contributed by atoms with E-state index in [1.54, 1.807) is 43.5 Å². The molecule has 44 heavy (non-hydrogen) atoms. The second-order valence-corrected chi connectivity index (χ2v) is 8.14. The van der Waals surface area contributed by atoms with Gasteiger partial charge in [-0.2, -0.15) is 0 Å². The molecule has 0 radical (unpaired) electrons. The molecule has 12 heteroatoms. The lowest BCUT2D eigenvalue weighted by molar-refractivity contribution is 0.0592. The quantitative estimate of drug-likeness (QED) is 0.211. The van der Waals surface area contributed by atoms with E-state index in [1.807, 2.05) is 0 Å². The lowest BCUT2D eigenvalue weighted by Gasteiger charge is -2.00. The van der Waals surface area contributed by atoms with E-state index in [0.29, 0.717) is 16.9 Å². The third-order valence-electron chi connectivity index (χ3n) is 5.25. The van der Waals surface area contributed by atoms with Crippen LogP contribution in [0.3, 0.4) is 0 Å². The van der Waals surface area contributed by atoms with E-state index < -0.39 is 17.9 Å². The number of aromatic carboxylic acids is 2. The van der Waals surface area contributed by atoms with Crippen molar-refractivity contribution in [2.24, 2.45) is 0 Å². The topological polar surface area (TPSA) is 186 Å². The Kier molecular flexibility index (Phi) is 15.7. The summed E-state index contributed by atoms with van der Waals surface area (Å²) in [4.78, 5) is 42.4. The van der Waals surface area contributed by atoms with E-state index in [4.69, 9.17) is 29.9 Å². The first-order valence-electron chi connectivity index (χ1n) is 12.4. The first kappa shape index (κ1) is 36.0. The maximum atomic E-state index is 11.0. The fraction of sp³-hybridized carbons (Fsp3) is 0.125. The summed E-state index contributed by atoms with van der Waals surface area (Å²) in [5, 5.41) is 34.5. The van der Waals surface area contributed by atoms with Crippen LogP contribution in [0.5, 0.6) is 23.0 Å². The number of methoxy groups -OCH3 is 4. The molecule has 0 heterocycles. The molecule has 232 valence electrons. The van der Waals surface area contributed by atoms with Gasteiger partial charge in [0.15, 0.2) is 0 Å². The van der Waals surface area contributed by atoms with Gasteiger partial charge >= 0.3 is 23.9 Å². The molecule has 0 aliphatic heterocycles. The fourth-order valence-electron chi connectivity index (χ4n) is 2.90. The molecule has 4 N–H and O–H groups in total. The Bertz CT molecular complexity index is 1460. The number of carboxylic acids is 2. The minimum absolute atomic E-state index is 0.0741. The summed E-state index contributed by atoms with van der Waals surface area (Å²) in [5.74, 6) is -1.05. The van der Waals surface area contributed by atoms with E-state index in [0.717, 1.165) is 5.75 Å². The molecule has 4 aromatic rings. The Balaban J connectivity index is 0.000000294. The number of esters is 2. The molecule has 0 atom stereocenters. The highest BCUT2D eigenvalue weighted by molar-refractivity contribution is 5.90. The van der Waals surface area contributed by atoms with Crippen molar-refractivity contribution in [2.75, 3.05) is 28.4 Å². The van der Waals surface area contributed by atoms with Crippen molar-refractivity contribution < 1.29 is 58.6 Å². The normalized spacial score (nSPS) is 9.18. The number of carboxylic acid groups (broad SMARTS) is 2. The Labute approximate surface area is 253 Å². The molecule has 4 rings (SSSR count). The molecular formula is C32H32O12. The van der Waals surface area contributed by atoms with Crippen molar-refractivity contribution in [3.05, 3.63) is 119 Å². The number of hydrogen-bond donors (Lipinski definition) is 4. The molecule has 0 aliphatic rings. The van der Waals surface area contributed by atoms with E-state index >= 15 is 0 Å². The van der Waals surface area contributed by atoms with Crippen LogP contribution in [0.1, 0.15) is 41.4 Å². The number of ether oxygens (including phenoxy) is 4. The maximum absolute atomic E-state index is 11.0. The van der Waals surface area contributed by atoms with Gasteiger partial charge in [-0.05, 0) is 97.1 Å². The van der Waals surface area contributed by atoms with Gasteiger partial charge in [0.25, 0.3) is 0 Å². The Hall–Kier alpha value is -6.04. The molecule has 0 saturated heterocycles. The molecule has 0 fully saturated rings. The predicted molar refractivity (Wildman–Crippen MR) is 159 cm³/mol. The smallest absolute Gasteiger partial charge is 0.337 e. The Morgan fingerprint density at radius 1 is 0.432 bits per heavy atom. The van der Waals surface area contributed by atoms with Crippen LogP contribution >= 0.6 is 0 Å². The second-order valence-electron chi connectivity index (χ2n) is 8.14. The first-order valence-corrected chi connectivity index (χ1v) is 12.4. The summed E-state index contributed by atoms with van der Waals surface area (Å²) in [6, 6.07) is 24.2. The van der Waals surface area contributed by atoms with Gasteiger partial charge in [0.2, 0.25) is 0 Å². The van der Waals surface area contributed by atoms with Crippen molar-refractivity contribution in [1.29, 1.82) is 0 Å². The van der Waals surface area contributed by atoms with E-state index in [1.165, 1.54) is 82.0 Å². The highest BCUT2D eigenvalue weighted by Crippen LogP contribution is 2.13. The minimum atomic E-state index is -0.986. The molecule has 0 spiro atoms. The molecule has 0 aliphatic carbocycles. The fourth-order valence-corrected chi connectivity index (χ4v) is 2.90. The highest BCUT2D eigenvalue weighted by atomic mass is 16.5. The summed E-state index contributed by atoms with van der Waals surface area (Å²) < 4.78 is 18.8. The van der Waals surface area contributed by atoms with E-state index in [-0.39, 0.29) is 28.6 Å². The van der Waals surface area contributed by atoms with Gasteiger partial charge in [0.1, 0.15) is 23.0 Å². The molecule has 0 unspecified atom stereocenters. The van der Waals surface area contributed by atoms with Crippen LogP contribution < -0.4 is 9.47 Å². The van der Waals surface area contributed by atoms with Gasteiger partial charge in [-0.25, -0.2) is 19.2 Å². The summed E-state index contributed by atoms with van der Waals surface area (Å²) in [6.45, 7) is 0. The highest BCUT2D eigenvalue weighted by Gasteiger charge is 2.04. The monoisotopic (exact) mass is 608 g/mol. The molecule has 0 amide bonds. The third-order valence-corrected chi connectivity index (χ3v) is 5.25. The lowest BCUT2D eigenvalue weighted by Crippen LogP contribution is -2.00. The number of hydrogen-bond acceptors (Lipinski definition) is 10. The molecule has 0 saturated carbocycles. The molecular weight excluding hydrogens is 576 g/mol. The van der Waals surface area contributed by atoms with Crippen LogP contribution in [0.15, 0.2) is 97.1 Å². The molecule has 4 aromatic carbocycles. The average Bonchev–Trinajstić information content (AvgIpc) is 3.05. The third kappa shape index (κ3) is 13.1. The SMILES string of the molecule is COC(=O)c1ccc(O)cc1.COC(=O)c1ccc(OC)cc1.COc1ccc(C(=O)O)cc1.O=C(O)c1ccc(O)cc1. The van der Waals surface area contributed by atoms with Gasteiger partial charge in [0.05, 0.1) is 50.7 Å². The summed E-state index contributed by atoms with van der Waals surface area (Å²) in [6.07, 6.45) is 0. The zero-order valence-electron chi connectivity index (χ0n) is 24.3. The largest absolute Gasteiger partial charge is 0.508 e. The van der Waals surface area contributed by atoms with Crippen molar-refractivity contribution in [1.82, 2.24) is 0 Å². The number of phenols is 2. The number of phenolic OH excluding ortho intramolecular Hbond substituents is 2. The number of benzene rings is 4. The van der Waals surface area contributed by atoms with Crippen molar-refractivity contribution in [3.63, 3.8) is 0 Å². The van der Waals surface area contributed by atoms with Crippen LogP contribution in [0.2, 0.25) is 0 Å². The molecule has 12 nitrogen and oxygen atoms in total. The van der Waals surface area contributed by atoms with E-state index in [9.17, 15) is 19.2 Å². The van der Waals surface area contributed by atoms with Gasteiger partial charge in [-0.1, -0.05) is 0 Å². The van der Waals surface area contributed by atoms with Gasteiger partial charge in [0, 0.05) is 0 Å². The summed E-state index contributed by atoms with van der Waals surface area (Å²) in [7, 11) is 5.78. The number of rotatable bonds is 6. The number of carbonyl (C=O) groups excluding carboxylic acids is 2. The minimum Gasteiger partial charge on any atom is -0.508 e. The predicted octanol–water partition coefficient (Wildman–Crippen LogP) is 5.14. The zero-order valence-corrected chi connectivity index (χ0v) is 24.3. The lowest BCUT2D eigenvalue weighted by atomic mass is 10.2. The van der Waals surface area contributed by atoms with E-state index in [2.05, 4.69) is 9.47 Å². The zero-order chi connectivity index (χ0) is 33.1. The van der Waals surface area contributed by atoms with Crippen LogP contribution in [-0.4, -0.2) is 72.7 Å². The number of aromatic hydroxyl groups is 2. The first-order chi connectivity index (χ1) is 20.9. The van der Waals surface area contributed by atoms with Gasteiger partial charge in [-0.3, -0.25) is 0 Å². The Morgan fingerprint density at radius 3 is 0.932 bits per heavy atom.